The summed E-state index contributed by atoms with van der Waals surface area (Å²) >= 11 is 6.24. The molecule has 1 fully saturated rings. The van der Waals surface area contributed by atoms with Gasteiger partial charge in [-0.05, 0) is 49.6 Å². The van der Waals surface area contributed by atoms with Crippen LogP contribution in [0.5, 0.6) is 5.75 Å². The van der Waals surface area contributed by atoms with Gasteiger partial charge in [0, 0.05) is 23.2 Å². The summed E-state index contributed by atoms with van der Waals surface area (Å²) in [6, 6.07) is 10.8. The third-order valence-electron chi connectivity index (χ3n) is 5.13. The topological polar surface area (TPSA) is 99.1 Å². The van der Waals surface area contributed by atoms with Crippen LogP contribution in [-0.4, -0.2) is 44.1 Å². The lowest BCUT2D eigenvalue weighted by Crippen LogP contribution is -2.40. The molecule has 29 heavy (non-hydrogen) atoms. The van der Waals surface area contributed by atoms with Gasteiger partial charge < -0.3 is 15.6 Å². The molecule has 0 amide bonds. The fourth-order valence-corrected chi connectivity index (χ4v) is 3.77. The van der Waals surface area contributed by atoms with E-state index >= 15 is 0 Å². The third kappa shape index (κ3) is 4.38. The van der Waals surface area contributed by atoms with Gasteiger partial charge in [-0.1, -0.05) is 17.7 Å². The van der Waals surface area contributed by atoms with Crippen molar-refractivity contribution < 1.29 is 9.84 Å². The molecule has 0 bridgehead atoms. The molecule has 0 spiro atoms. The van der Waals surface area contributed by atoms with Crippen LogP contribution in [0, 0.1) is 0 Å². The number of hydrogen-bond donors (Lipinski definition) is 2. The maximum atomic E-state index is 10.3. The Bertz CT molecular complexity index is 967. The van der Waals surface area contributed by atoms with Crippen LogP contribution in [0.4, 0.5) is 0 Å². The van der Waals surface area contributed by atoms with E-state index in [1.54, 1.807) is 36.2 Å². The summed E-state index contributed by atoms with van der Waals surface area (Å²) in [5, 5.41) is 15.6. The summed E-state index contributed by atoms with van der Waals surface area (Å²) in [6.45, 7) is 0. The average molecular weight is 436 g/mol. The van der Waals surface area contributed by atoms with E-state index in [0.717, 1.165) is 18.7 Å². The van der Waals surface area contributed by atoms with Crippen LogP contribution in [-0.2, 0) is 0 Å². The molecule has 0 aliphatic heterocycles. The number of methoxy groups -OCH3 is 1. The van der Waals surface area contributed by atoms with Gasteiger partial charge in [-0.25, -0.2) is 9.67 Å². The first-order valence-electron chi connectivity index (χ1n) is 9.22. The van der Waals surface area contributed by atoms with Gasteiger partial charge in [-0.3, -0.25) is 4.98 Å². The number of aliphatic hydroxyl groups excluding tert-OH is 1. The van der Waals surface area contributed by atoms with Gasteiger partial charge in [-0.2, -0.15) is 0 Å². The van der Waals surface area contributed by atoms with E-state index in [-0.39, 0.29) is 24.4 Å². The summed E-state index contributed by atoms with van der Waals surface area (Å²) in [5.74, 6) is 1.91. The first-order chi connectivity index (χ1) is 13.6. The first-order valence-corrected chi connectivity index (χ1v) is 9.60. The van der Waals surface area contributed by atoms with Gasteiger partial charge in [0.15, 0.2) is 5.82 Å². The van der Waals surface area contributed by atoms with E-state index in [1.165, 1.54) is 0 Å². The minimum Gasteiger partial charge on any atom is -0.494 e. The van der Waals surface area contributed by atoms with Crippen molar-refractivity contribution >= 4 is 24.0 Å². The number of nitrogens with two attached hydrogens (primary N) is 1. The first kappa shape index (κ1) is 21.5. The summed E-state index contributed by atoms with van der Waals surface area (Å²) < 4.78 is 7.27. The maximum absolute atomic E-state index is 10.3. The van der Waals surface area contributed by atoms with Crippen molar-refractivity contribution in [3.63, 3.8) is 0 Å². The van der Waals surface area contributed by atoms with Crippen molar-refractivity contribution in [2.75, 3.05) is 7.11 Å². The van der Waals surface area contributed by atoms with Crippen molar-refractivity contribution in [2.45, 2.75) is 37.3 Å². The third-order valence-corrected chi connectivity index (χ3v) is 5.36. The van der Waals surface area contributed by atoms with E-state index < -0.39 is 6.10 Å². The number of rotatable bonds is 4. The van der Waals surface area contributed by atoms with Crippen LogP contribution in [0.25, 0.3) is 17.2 Å². The number of pyridine rings is 1. The van der Waals surface area contributed by atoms with Gasteiger partial charge >= 0.3 is 0 Å². The van der Waals surface area contributed by atoms with Gasteiger partial charge in [0.25, 0.3) is 0 Å². The summed E-state index contributed by atoms with van der Waals surface area (Å²) in [7, 11) is 1.60. The summed E-state index contributed by atoms with van der Waals surface area (Å²) in [6.07, 6.45) is 3.22. The monoisotopic (exact) mass is 435 g/mol. The Morgan fingerprint density at radius 1 is 1.24 bits per heavy atom. The van der Waals surface area contributed by atoms with Crippen LogP contribution in [0.2, 0.25) is 5.02 Å². The Hall–Kier alpha value is -2.19. The van der Waals surface area contributed by atoms with Crippen molar-refractivity contribution in [3.8, 4) is 23.0 Å². The predicted octanol–water partition coefficient (Wildman–Crippen LogP) is 3.37. The molecule has 2 heterocycles. The minimum absolute atomic E-state index is 0. The normalized spacial score (nSPS) is 21.4. The van der Waals surface area contributed by atoms with E-state index in [9.17, 15) is 5.11 Å². The Labute approximate surface area is 180 Å². The highest BCUT2D eigenvalue weighted by Crippen LogP contribution is 2.36. The van der Waals surface area contributed by atoms with Crippen molar-refractivity contribution in [1.82, 2.24) is 19.7 Å². The van der Waals surface area contributed by atoms with Crippen molar-refractivity contribution in [2.24, 2.45) is 5.73 Å². The highest BCUT2D eigenvalue weighted by Gasteiger charge is 2.32. The molecular weight excluding hydrogens is 413 g/mol. The zero-order chi connectivity index (χ0) is 19.7. The number of nitrogens with zero attached hydrogens (tertiary/aromatic N) is 4. The maximum Gasteiger partial charge on any atom is 0.200 e. The lowest BCUT2D eigenvalue weighted by molar-refractivity contribution is 0.0961. The molecule has 3 aromatic rings. The SMILES string of the molecule is COc1ccc(Cl)cc1-n1nc(-c2ccccn2)nc1[C@H]1CC[C@@H](N)[C@H](O)C1.Cl. The van der Waals surface area contributed by atoms with Gasteiger partial charge in [-0.15, -0.1) is 17.5 Å². The quantitative estimate of drug-likeness (QED) is 0.651. The zero-order valence-electron chi connectivity index (χ0n) is 15.9. The predicted molar refractivity (Wildman–Crippen MR) is 114 cm³/mol. The molecular formula is C20H23Cl2N5O2. The van der Waals surface area contributed by atoms with Crippen LogP contribution in [0.15, 0.2) is 42.6 Å². The van der Waals surface area contributed by atoms with Crippen LogP contribution < -0.4 is 10.5 Å². The Balaban J connectivity index is 0.00000240. The molecule has 0 radical (unpaired) electrons. The van der Waals surface area contributed by atoms with Gasteiger partial charge in [0.1, 0.15) is 23.0 Å². The Morgan fingerprint density at radius 2 is 2.07 bits per heavy atom. The fraction of sp³-hybridized carbons (Fsp3) is 0.350. The molecule has 7 nitrogen and oxygen atoms in total. The molecule has 3 atom stereocenters. The average Bonchev–Trinajstić information content (AvgIpc) is 3.16. The molecule has 3 N–H and O–H groups in total. The summed E-state index contributed by atoms with van der Waals surface area (Å²) in [5.41, 5.74) is 7.36. The minimum atomic E-state index is -0.566. The zero-order valence-corrected chi connectivity index (χ0v) is 17.5. The largest absolute Gasteiger partial charge is 0.494 e. The molecule has 1 aliphatic rings. The highest BCUT2D eigenvalue weighted by atomic mass is 35.5. The van der Waals surface area contributed by atoms with Gasteiger partial charge in [0.05, 0.1) is 13.2 Å². The number of halogens is 2. The summed E-state index contributed by atoms with van der Waals surface area (Å²) in [4.78, 5) is 9.15. The second-order valence-corrected chi connectivity index (χ2v) is 7.41. The molecule has 9 heteroatoms. The second-order valence-electron chi connectivity index (χ2n) is 6.98. The number of hydrogen-bond acceptors (Lipinski definition) is 6. The van der Waals surface area contributed by atoms with Crippen molar-refractivity contribution in [3.05, 3.63) is 53.4 Å². The van der Waals surface area contributed by atoms with E-state index in [4.69, 9.17) is 32.2 Å². The molecule has 1 aliphatic carbocycles. The number of ether oxygens (including phenoxy) is 1. The van der Waals surface area contributed by atoms with Gasteiger partial charge in [0.2, 0.25) is 0 Å². The molecule has 4 rings (SSSR count). The Morgan fingerprint density at radius 3 is 2.76 bits per heavy atom. The lowest BCUT2D eigenvalue weighted by atomic mass is 9.84. The van der Waals surface area contributed by atoms with Crippen molar-refractivity contribution in [1.29, 1.82) is 0 Å². The molecule has 0 unspecified atom stereocenters. The second kappa shape index (κ2) is 9.09. The Kier molecular flexibility index (Phi) is 6.74. The van der Waals surface area contributed by atoms with E-state index in [0.29, 0.717) is 34.4 Å². The highest BCUT2D eigenvalue weighted by molar-refractivity contribution is 6.30. The van der Waals surface area contributed by atoms with Crippen LogP contribution in [0.1, 0.15) is 31.0 Å². The number of benzene rings is 1. The number of aromatic nitrogens is 4. The van der Waals surface area contributed by atoms with E-state index in [2.05, 4.69) is 4.98 Å². The van der Waals surface area contributed by atoms with E-state index in [1.807, 2.05) is 18.2 Å². The standard InChI is InChI=1S/C20H22ClN5O2.ClH/c1-28-18-8-6-13(21)11-16(18)26-20(12-5-7-14(22)17(27)10-12)24-19(25-26)15-4-2-3-9-23-15;/h2-4,6,8-9,11-12,14,17,27H,5,7,10,22H2,1H3;1H/t12-,14+,17+;/m0./s1. The smallest absolute Gasteiger partial charge is 0.200 e. The molecule has 1 aromatic carbocycles. The molecule has 154 valence electrons. The van der Waals surface area contributed by atoms with Crippen LogP contribution >= 0.6 is 24.0 Å². The van der Waals surface area contributed by atoms with Crippen LogP contribution in [0.3, 0.4) is 0 Å². The molecule has 1 saturated carbocycles. The molecule has 2 aromatic heterocycles. The lowest BCUT2D eigenvalue weighted by Gasteiger charge is -2.30. The number of aliphatic hydroxyl groups is 1. The molecule has 0 saturated heterocycles. The fourth-order valence-electron chi connectivity index (χ4n) is 3.60.